The summed E-state index contributed by atoms with van der Waals surface area (Å²) in [6.07, 6.45) is 0.526. The lowest BCUT2D eigenvalue weighted by Crippen LogP contribution is -2.33. The number of anilines is 1. The Labute approximate surface area is 124 Å². The Morgan fingerprint density at radius 2 is 2.10 bits per heavy atom. The minimum absolute atomic E-state index is 0.0726. The molecule has 2 N–H and O–H groups in total. The predicted octanol–water partition coefficient (Wildman–Crippen LogP) is 2.31. The largest absolute Gasteiger partial charge is 0.481 e. The molecule has 0 aliphatic carbocycles. The summed E-state index contributed by atoms with van der Waals surface area (Å²) < 4.78 is 5.63. The van der Waals surface area contributed by atoms with Crippen molar-refractivity contribution < 1.29 is 19.4 Å². The second-order valence-corrected chi connectivity index (χ2v) is 5.69. The molecule has 5 nitrogen and oxygen atoms in total. The molecule has 1 aliphatic rings. The van der Waals surface area contributed by atoms with Gasteiger partial charge in [0.1, 0.15) is 0 Å². The molecule has 0 radical (unpaired) electrons. The number of carboxylic acid groups (broad SMARTS) is 1. The van der Waals surface area contributed by atoms with Gasteiger partial charge in [-0.15, -0.1) is 0 Å². The number of benzene rings is 1. The summed E-state index contributed by atoms with van der Waals surface area (Å²) in [5.74, 6) is -0.912. The van der Waals surface area contributed by atoms with Crippen LogP contribution in [0.2, 0.25) is 0 Å². The van der Waals surface area contributed by atoms with E-state index < -0.39 is 5.97 Å². The molecular formula is C16H21NO4. The van der Waals surface area contributed by atoms with E-state index in [9.17, 15) is 9.59 Å². The molecule has 1 aromatic carbocycles. The van der Waals surface area contributed by atoms with E-state index >= 15 is 0 Å². The number of carboxylic acids is 1. The van der Waals surface area contributed by atoms with Gasteiger partial charge < -0.3 is 15.2 Å². The Bertz CT molecular complexity index is 527. The molecule has 0 bridgehead atoms. The van der Waals surface area contributed by atoms with Crippen LogP contribution < -0.4 is 5.32 Å². The number of hydrogen-bond acceptors (Lipinski definition) is 3. The van der Waals surface area contributed by atoms with E-state index in [4.69, 9.17) is 9.84 Å². The van der Waals surface area contributed by atoms with Gasteiger partial charge in [-0.3, -0.25) is 9.59 Å². The van der Waals surface area contributed by atoms with Crippen LogP contribution in [0.1, 0.15) is 25.8 Å². The molecule has 2 rings (SSSR count). The van der Waals surface area contributed by atoms with Crippen LogP contribution in [0.5, 0.6) is 0 Å². The summed E-state index contributed by atoms with van der Waals surface area (Å²) in [6, 6.07) is 7.00. The highest BCUT2D eigenvalue weighted by atomic mass is 16.5. The van der Waals surface area contributed by atoms with Crippen LogP contribution in [0.3, 0.4) is 0 Å². The summed E-state index contributed by atoms with van der Waals surface area (Å²) in [5.41, 5.74) is 1.18. The Kier molecular flexibility index (Phi) is 4.96. The van der Waals surface area contributed by atoms with Crippen molar-refractivity contribution in [3.05, 3.63) is 29.8 Å². The average molecular weight is 291 g/mol. The lowest BCUT2D eigenvalue weighted by atomic mass is 9.92. The number of para-hydroxylation sites is 1. The number of aliphatic carboxylic acids is 1. The van der Waals surface area contributed by atoms with Crippen molar-refractivity contribution in [3.8, 4) is 0 Å². The molecule has 1 amide bonds. The van der Waals surface area contributed by atoms with E-state index in [2.05, 4.69) is 5.32 Å². The van der Waals surface area contributed by atoms with Crippen LogP contribution >= 0.6 is 0 Å². The molecule has 1 aliphatic heterocycles. The highest BCUT2D eigenvalue weighted by Gasteiger charge is 2.36. The molecule has 0 aromatic heterocycles. The number of hydrogen-bond donors (Lipinski definition) is 2. The zero-order valence-electron chi connectivity index (χ0n) is 12.3. The monoisotopic (exact) mass is 291 g/mol. The van der Waals surface area contributed by atoms with Crippen molar-refractivity contribution in [2.75, 3.05) is 11.9 Å². The lowest BCUT2D eigenvalue weighted by molar-refractivity contribution is -0.136. The van der Waals surface area contributed by atoms with Crippen LogP contribution in [-0.4, -0.2) is 29.7 Å². The molecule has 2 unspecified atom stereocenters. The van der Waals surface area contributed by atoms with Gasteiger partial charge >= 0.3 is 5.97 Å². The molecule has 1 saturated heterocycles. The molecule has 1 heterocycles. The van der Waals surface area contributed by atoms with Gasteiger partial charge in [-0.1, -0.05) is 32.0 Å². The quantitative estimate of drug-likeness (QED) is 0.873. The van der Waals surface area contributed by atoms with Crippen LogP contribution in [-0.2, 0) is 20.7 Å². The van der Waals surface area contributed by atoms with Crippen molar-refractivity contribution in [3.63, 3.8) is 0 Å². The third-order valence-corrected chi connectivity index (χ3v) is 3.75. The van der Waals surface area contributed by atoms with Crippen LogP contribution in [0.4, 0.5) is 5.69 Å². The predicted molar refractivity (Wildman–Crippen MR) is 79.1 cm³/mol. The maximum atomic E-state index is 12.4. The maximum absolute atomic E-state index is 12.4. The van der Waals surface area contributed by atoms with Gasteiger partial charge in [0.15, 0.2) is 0 Å². The molecule has 21 heavy (non-hydrogen) atoms. The van der Waals surface area contributed by atoms with Gasteiger partial charge in [0.2, 0.25) is 5.91 Å². The molecule has 0 saturated carbocycles. The second-order valence-electron chi connectivity index (χ2n) is 5.69. The van der Waals surface area contributed by atoms with Crippen molar-refractivity contribution >= 4 is 17.6 Å². The van der Waals surface area contributed by atoms with Gasteiger partial charge in [-0.2, -0.15) is 0 Å². The minimum Gasteiger partial charge on any atom is -0.481 e. The van der Waals surface area contributed by atoms with E-state index in [1.807, 2.05) is 13.8 Å². The fourth-order valence-corrected chi connectivity index (χ4v) is 2.73. The normalized spacial score (nSPS) is 21.5. The molecular weight excluding hydrogens is 270 g/mol. The topological polar surface area (TPSA) is 75.6 Å². The smallest absolute Gasteiger partial charge is 0.307 e. The zero-order chi connectivity index (χ0) is 15.4. The first-order chi connectivity index (χ1) is 9.99. The highest BCUT2D eigenvalue weighted by Crippen LogP contribution is 2.28. The van der Waals surface area contributed by atoms with Crippen LogP contribution in [0.15, 0.2) is 24.3 Å². The molecule has 1 fully saturated rings. The van der Waals surface area contributed by atoms with Gasteiger partial charge in [-0.05, 0) is 24.0 Å². The summed E-state index contributed by atoms with van der Waals surface area (Å²) >= 11 is 0. The SMILES string of the molecule is CC(C)C1OCCC1C(=O)Nc1ccccc1CC(=O)O. The van der Waals surface area contributed by atoms with E-state index in [1.165, 1.54) is 0 Å². The van der Waals surface area contributed by atoms with Gasteiger partial charge in [-0.25, -0.2) is 0 Å². The first kappa shape index (κ1) is 15.5. The van der Waals surface area contributed by atoms with Gasteiger partial charge in [0, 0.05) is 12.3 Å². The Balaban J connectivity index is 2.11. The third kappa shape index (κ3) is 3.82. The first-order valence-electron chi connectivity index (χ1n) is 7.21. The Hall–Kier alpha value is -1.88. The highest BCUT2D eigenvalue weighted by molar-refractivity contribution is 5.94. The van der Waals surface area contributed by atoms with Crippen molar-refractivity contribution in [1.29, 1.82) is 0 Å². The summed E-state index contributed by atoms with van der Waals surface area (Å²) in [4.78, 5) is 23.3. The minimum atomic E-state index is -0.916. The van der Waals surface area contributed by atoms with Crippen LogP contribution in [0, 0.1) is 11.8 Å². The fraction of sp³-hybridized carbons (Fsp3) is 0.500. The van der Waals surface area contributed by atoms with E-state index in [0.29, 0.717) is 24.3 Å². The van der Waals surface area contributed by atoms with Crippen molar-refractivity contribution in [2.24, 2.45) is 11.8 Å². The van der Waals surface area contributed by atoms with Crippen molar-refractivity contribution in [2.45, 2.75) is 32.8 Å². The standard InChI is InChI=1S/C16H21NO4/c1-10(2)15-12(7-8-21-15)16(20)17-13-6-4-3-5-11(13)9-14(18)19/h3-6,10,12,15H,7-9H2,1-2H3,(H,17,20)(H,18,19). The lowest BCUT2D eigenvalue weighted by Gasteiger charge is -2.21. The molecule has 114 valence electrons. The van der Waals surface area contributed by atoms with E-state index in [1.54, 1.807) is 24.3 Å². The summed E-state index contributed by atoms with van der Waals surface area (Å²) in [5, 5.41) is 11.8. The number of ether oxygens (including phenoxy) is 1. The number of carbonyl (C=O) groups excluding carboxylic acids is 1. The van der Waals surface area contributed by atoms with Gasteiger partial charge in [0.25, 0.3) is 0 Å². The first-order valence-corrected chi connectivity index (χ1v) is 7.21. The van der Waals surface area contributed by atoms with E-state index in [0.717, 1.165) is 0 Å². The second kappa shape index (κ2) is 6.72. The number of rotatable bonds is 5. The Morgan fingerprint density at radius 3 is 2.76 bits per heavy atom. The number of carbonyl (C=O) groups is 2. The fourth-order valence-electron chi connectivity index (χ4n) is 2.73. The maximum Gasteiger partial charge on any atom is 0.307 e. The average Bonchev–Trinajstić information content (AvgIpc) is 2.90. The molecule has 2 atom stereocenters. The number of amides is 1. The number of nitrogens with one attached hydrogen (secondary N) is 1. The van der Waals surface area contributed by atoms with E-state index in [-0.39, 0.29) is 30.3 Å². The Morgan fingerprint density at radius 1 is 1.38 bits per heavy atom. The van der Waals surface area contributed by atoms with Crippen molar-refractivity contribution in [1.82, 2.24) is 0 Å². The molecule has 5 heteroatoms. The van der Waals surface area contributed by atoms with Gasteiger partial charge in [0.05, 0.1) is 18.4 Å². The zero-order valence-corrected chi connectivity index (χ0v) is 12.3. The third-order valence-electron chi connectivity index (χ3n) is 3.75. The molecule has 0 spiro atoms. The summed E-state index contributed by atoms with van der Waals surface area (Å²) in [6.45, 7) is 4.67. The summed E-state index contributed by atoms with van der Waals surface area (Å²) in [7, 11) is 0. The molecule has 1 aromatic rings. The van der Waals surface area contributed by atoms with Crippen LogP contribution in [0.25, 0.3) is 0 Å².